The van der Waals surface area contributed by atoms with Crippen LogP contribution in [-0.4, -0.2) is 65.4 Å². The summed E-state index contributed by atoms with van der Waals surface area (Å²) in [6.45, 7) is 7.87. The number of aliphatic hydroxyl groups excluding tert-OH is 1. The molecule has 1 aromatic carbocycles. The summed E-state index contributed by atoms with van der Waals surface area (Å²) < 4.78 is 26.3. The van der Waals surface area contributed by atoms with Crippen LogP contribution in [0.2, 0.25) is 0 Å². The molecule has 2 fully saturated rings. The number of rotatable bonds is 8. The van der Waals surface area contributed by atoms with Gasteiger partial charge in [0, 0.05) is 44.6 Å². The fourth-order valence-corrected chi connectivity index (χ4v) is 5.82. The summed E-state index contributed by atoms with van der Waals surface area (Å²) in [5.41, 5.74) is 1.96. The highest BCUT2D eigenvalue weighted by Crippen LogP contribution is 2.34. The molecule has 212 valence electrons. The number of aliphatic hydroxyl groups is 1. The van der Waals surface area contributed by atoms with Gasteiger partial charge in [-0.25, -0.2) is 4.39 Å². The maximum absolute atomic E-state index is 15.0. The Labute approximate surface area is 230 Å². The molecular formula is C30H41FN4O4. The van der Waals surface area contributed by atoms with E-state index >= 15 is 0 Å². The first-order valence-corrected chi connectivity index (χ1v) is 14.5. The molecule has 0 radical (unpaired) electrons. The van der Waals surface area contributed by atoms with Crippen LogP contribution in [0.15, 0.2) is 28.8 Å². The topological polar surface area (TPSA) is 91.9 Å². The first-order valence-electron chi connectivity index (χ1n) is 14.5. The molecule has 1 atom stereocenters. The van der Waals surface area contributed by atoms with Gasteiger partial charge in [0.1, 0.15) is 0 Å². The van der Waals surface area contributed by atoms with Crippen molar-refractivity contribution in [3.05, 3.63) is 41.5 Å². The molecule has 9 heteroatoms. The van der Waals surface area contributed by atoms with Crippen LogP contribution in [0.1, 0.15) is 76.1 Å². The molecule has 1 aromatic heterocycles. The van der Waals surface area contributed by atoms with Crippen molar-refractivity contribution < 1.29 is 23.6 Å². The van der Waals surface area contributed by atoms with E-state index in [-0.39, 0.29) is 35.9 Å². The molecule has 0 spiro atoms. The normalized spacial score (nSPS) is 21.4. The molecule has 2 saturated heterocycles. The summed E-state index contributed by atoms with van der Waals surface area (Å²) in [5, 5.41) is 13.4. The number of hydrogen-bond acceptors (Lipinski definition) is 7. The van der Waals surface area contributed by atoms with Crippen LogP contribution in [0.25, 0.3) is 5.57 Å². The van der Waals surface area contributed by atoms with Crippen LogP contribution in [0.5, 0.6) is 5.75 Å². The minimum atomic E-state index is -0.345. The SMILES string of the molecule is CC(C)c1noc(N2CCC(COc3ccc(C4=CCC(C(=O)N5CCC(CO)CC5)CC4)cc3F)CC2)n1. The Bertz CT molecular complexity index is 1150. The number of piperidine rings is 2. The number of hydrogen-bond donors (Lipinski definition) is 1. The van der Waals surface area contributed by atoms with Gasteiger partial charge in [-0.05, 0) is 80.1 Å². The Morgan fingerprint density at radius 2 is 1.87 bits per heavy atom. The monoisotopic (exact) mass is 540 g/mol. The van der Waals surface area contributed by atoms with Crippen LogP contribution in [-0.2, 0) is 4.79 Å². The summed E-state index contributed by atoms with van der Waals surface area (Å²) in [5.74, 6) is 1.78. The number of allylic oxidation sites excluding steroid dienone is 2. The second kappa shape index (κ2) is 12.5. The van der Waals surface area contributed by atoms with Crippen molar-refractivity contribution >= 4 is 17.5 Å². The molecule has 5 rings (SSSR count). The fraction of sp³-hybridized carbons (Fsp3) is 0.633. The van der Waals surface area contributed by atoms with Crippen molar-refractivity contribution in [2.75, 3.05) is 44.3 Å². The fourth-order valence-electron chi connectivity index (χ4n) is 5.82. The van der Waals surface area contributed by atoms with Crippen molar-refractivity contribution in [3.8, 4) is 5.75 Å². The van der Waals surface area contributed by atoms with Crippen LogP contribution >= 0.6 is 0 Å². The molecule has 3 heterocycles. The number of carbonyl (C=O) groups is 1. The van der Waals surface area contributed by atoms with Crippen molar-refractivity contribution in [2.24, 2.45) is 17.8 Å². The zero-order chi connectivity index (χ0) is 27.4. The summed E-state index contributed by atoms with van der Waals surface area (Å²) in [4.78, 5) is 21.5. The molecule has 8 nitrogen and oxygen atoms in total. The lowest BCUT2D eigenvalue weighted by Gasteiger charge is -2.34. The summed E-state index contributed by atoms with van der Waals surface area (Å²) in [6.07, 6.45) is 7.94. The second-order valence-corrected chi connectivity index (χ2v) is 11.6. The first-order chi connectivity index (χ1) is 18.9. The maximum Gasteiger partial charge on any atom is 0.324 e. The largest absolute Gasteiger partial charge is 0.490 e. The smallest absolute Gasteiger partial charge is 0.324 e. The van der Waals surface area contributed by atoms with Gasteiger partial charge < -0.3 is 24.2 Å². The number of amides is 1. The number of carbonyl (C=O) groups excluding carboxylic acids is 1. The average Bonchev–Trinajstić information content (AvgIpc) is 3.48. The van der Waals surface area contributed by atoms with Gasteiger partial charge in [-0.3, -0.25) is 4.79 Å². The molecular weight excluding hydrogens is 499 g/mol. The maximum atomic E-state index is 15.0. The van der Waals surface area contributed by atoms with E-state index in [1.807, 2.05) is 24.8 Å². The molecule has 0 saturated carbocycles. The van der Waals surface area contributed by atoms with Gasteiger partial charge in [0.2, 0.25) is 5.91 Å². The van der Waals surface area contributed by atoms with Gasteiger partial charge in [-0.15, -0.1) is 0 Å². The summed E-state index contributed by atoms with van der Waals surface area (Å²) in [6, 6.07) is 5.80. The van der Waals surface area contributed by atoms with Gasteiger partial charge in [-0.1, -0.05) is 31.1 Å². The molecule has 1 unspecified atom stereocenters. The van der Waals surface area contributed by atoms with Gasteiger partial charge in [0.25, 0.3) is 0 Å². The first kappa shape index (κ1) is 27.6. The van der Waals surface area contributed by atoms with Crippen LogP contribution in [0, 0.1) is 23.6 Å². The number of benzene rings is 1. The van der Waals surface area contributed by atoms with E-state index in [2.05, 4.69) is 21.1 Å². The van der Waals surface area contributed by atoms with E-state index in [1.54, 1.807) is 12.1 Å². The van der Waals surface area contributed by atoms with Crippen molar-refractivity contribution in [2.45, 2.75) is 64.7 Å². The molecule has 2 aromatic rings. The van der Waals surface area contributed by atoms with Crippen LogP contribution < -0.4 is 9.64 Å². The molecule has 3 aliphatic rings. The van der Waals surface area contributed by atoms with E-state index in [1.165, 1.54) is 0 Å². The number of likely N-dealkylation sites (tertiary alicyclic amines) is 1. The van der Waals surface area contributed by atoms with Crippen LogP contribution in [0.3, 0.4) is 0 Å². The van der Waals surface area contributed by atoms with Crippen molar-refractivity contribution in [1.29, 1.82) is 0 Å². The highest BCUT2D eigenvalue weighted by Gasteiger charge is 2.29. The molecule has 1 aliphatic carbocycles. The highest BCUT2D eigenvalue weighted by molar-refractivity contribution is 5.81. The van der Waals surface area contributed by atoms with E-state index in [0.717, 1.165) is 81.7 Å². The molecule has 2 aliphatic heterocycles. The van der Waals surface area contributed by atoms with Crippen molar-refractivity contribution in [3.63, 3.8) is 0 Å². The number of ether oxygens (including phenoxy) is 1. The Hall–Kier alpha value is -2.94. The molecule has 0 bridgehead atoms. The minimum absolute atomic E-state index is 0.00427. The third-order valence-electron chi connectivity index (χ3n) is 8.55. The molecule has 1 N–H and O–H groups in total. The lowest BCUT2D eigenvalue weighted by Crippen LogP contribution is -2.42. The highest BCUT2D eigenvalue weighted by atomic mass is 19.1. The van der Waals surface area contributed by atoms with Gasteiger partial charge in [0.05, 0.1) is 6.61 Å². The number of nitrogens with zero attached hydrogens (tertiary/aromatic N) is 4. The summed E-state index contributed by atoms with van der Waals surface area (Å²) in [7, 11) is 0. The molecule has 1 amide bonds. The Balaban J connectivity index is 1.08. The predicted octanol–water partition coefficient (Wildman–Crippen LogP) is 5.04. The van der Waals surface area contributed by atoms with Gasteiger partial charge in [0.15, 0.2) is 17.4 Å². The third kappa shape index (κ3) is 6.62. The summed E-state index contributed by atoms with van der Waals surface area (Å²) >= 11 is 0. The lowest BCUT2D eigenvalue weighted by atomic mass is 9.85. The Morgan fingerprint density at radius 3 is 2.49 bits per heavy atom. The van der Waals surface area contributed by atoms with E-state index < -0.39 is 0 Å². The third-order valence-corrected chi connectivity index (χ3v) is 8.55. The Morgan fingerprint density at radius 1 is 1.13 bits per heavy atom. The van der Waals surface area contributed by atoms with Gasteiger partial charge >= 0.3 is 6.01 Å². The second-order valence-electron chi connectivity index (χ2n) is 11.6. The standard InChI is InChI=1S/C30H41FN4O4/c1-20(2)28-32-30(39-33-28)35-15-11-22(12-16-35)19-38-27-8-7-25(17-26(27)31)23-3-5-24(6-4-23)29(37)34-13-9-21(18-36)10-14-34/h3,7-8,17,20-22,24,36H,4-6,9-16,18-19H2,1-2H3. The lowest BCUT2D eigenvalue weighted by molar-refractivity contribution is -0.137. The van der Waals surface area contributed by atoms with Gasteiger partial charge in [-0.2, -0.15) is 4.98 Å². The number of halogens is 1. The van der Waals surface area contributed by atoms with E-state index in [9.17, 15) is 14.3 Å². The number of anilines is 1. The molecule has 39 heavy (non-hydrogen) atoms. The van der Waals surface area contributed by atoms with E-state index in [0.29, 0.717) is 30.9 Å². The predicted molar refractivity (Wildman–Crippen MR) is 147 cm³/mol. The minimum Gasteiger partial charge on any atom is -0.490 e. The van der Waals surface area contributed by atoms with Crippen LogP contribution in [0.4, 0.5) is 10.4 Å². The van der Waals surface area contributed by atoms with E-state index in [4.69, 9.17) is 9.26 Å². The zero-order valence-corrected chi connectivity index (χ0v) is 23.1. The average molecular weight is 541 g/mol. The Kier molecular flexibility index (Phi) is 8.85. The zero-order valence-electron chi connectivity index (χ0n) is 23.1. The van der Waals surface area contributed by atoms with Crippen molar-refractivity contribution in [1.82, 2.24) is 15.0 Å². The number of aromatic nitrogens is 2. The quantitative estimate of drug-likeness (QED) is 0.501.